The average molecular weight is 424 g/mol. The van der Waals surface area contributed by atoms with Gasteiger partial charge in [0.1, 0.15) is 11.4 Å². The highest BCUT2D eigenvalue weighted by molar-refractivity contribution is 5.92. The van der Waals surface area contributed by atoms with E-state index < -0.39 is 11.9 Å². The number of carbonyl (C=O) groups excluding carboxylic acids is 1. The number of fused-ring (bicyclic) bond motifs is 1. The number of H-pyrrole nitrogens is 1. The Labute approximate surface area is 179 Å². The Bertz CT molecular complexity index is 1190. The molecule has 3 heterocycles. The van der Waals surface area contributed by atoms with Crippen molar-refractivity contribution < 1.29 is 9.18 Å². The van der Waals surface area contributed by atoms with Crippen LogP contribution in [-0.2, 0) is 6.54 Å². The van der Waals surface area contributed by atoms with Gasteiger partial charge in [0.2, 0.25) is 5.95 Å². The lowest BCUT2D eigenvalue weighted by Crippen LogP contribution is -2.52. The van der Waals surface area contributed by atoms with E-state index in [9.17, 15) is 14.0 Å². The number of aromatic amines is 1. The number of aryl methyl sites for hydroxylation is 1. The largest absolute Gasteiger partial charge is 0.363 e. The number of halogens is 1. The second-order valence-corrected chi connectivity index (χ2v) is 7.87. The third-order valence-corrected chi connectivity index (χ3v) is 5.64. The maximum Gasteiger partial charge on any atom is 0.269 e. The molecule has 1 saturated heterocycles. The van der Waals surface area contributed by atoms with Crippen molar-refractivity contribution in [2.24, 2.45) is 0 Å². The summed E-state index contributed by atoms with van der Waals surface area (Å²) in [6, 6.07) is 9.13. The van der Waals surface area contributed by atoms with Crippen LogP contribution in [0.25, 0.3) is 11.0 Å². The number of carbonyl (C=O) groups is 1. The first-order valence-electron chi connectivity index (χ1n) is 10.2. The molecule has 162 valence electrons. The third-order valence-electron chi connectivity index (χ3n) is 5.64. The molecule has 1 aliphatic heterocycles. The van der Waals surface area contributed by atoms with E-state index in [4.69, 9.17) is 0 Å². The minimum Gasteiger partial charge on any atom is -0.363 e. The molecule has 0 bridgehead atoms. The summed E-state index contributed by atoms with van der Waals surface area (Å²) in [5.74, 6) is -1.05. The molecular formula is C22H25FN6O2. The summed E-state index contributed by atoms with van der Waals surface area (Å²) in [6.07, 6.45) is 0. The van der Waals surface area contributed by atoms with E-state index in [1.807, 2.05) is 30.0 Å². The molecule has 0 radical (unpaired) electrons. The minimum absolute atomic E-state index is 0.0640. The summed E-state index contributed by atoms with van der Waals surface area (Å²) in [4.78, 5) is 38.8. The standard InChI is InChI=1S/C22H25FN6O2/c1-13-11-28(12-15-4-5-16-18(10-15)27-21(30)14(2)25-16)8-9-29(13)19-7-6-17(22(31)24-3)26-20(19)23/h4-7,10,13H,8-9,11-12H2,1-3H3,(H,24,31)(H,27,30)/t13-/m0/s1. The van der Waals surface area contributed by atoms with Crippen molar-refractivity contribution in [3.05, 3.63) is 63.6 Å². The maximum absolute atomic E-state index is 14.6. The molecular weight excluding hydrogens is 399 g/mol. The summed E-state index contributed by atoms with van der Waals surface area (Å²) < 4.78 is 14.6. The topological polar surface area (TPSA) is 94.2 Å². The Balaban J connectivity index is 1.46. The fourth-order valence-corrected chi connectivity index (χ4v) is 4.01. The van der Waals surface area contributed by atoms with Crippen LogP contribution in [0.1, 0.15) is 28.7 Å². The van der Waals surface area contributed by atoms with Gasteiger partial charge in [0.25, 0.3) is 11.5 Å². The monoisotopic (exact) mass is 424 g/mol. The van der Waals surface area contributed by atoms with Crippen LogP contribution in [0.15, 0.2) is 35.1 Å². The van der Waals surface area contributed by atoms with E-state index in [0.29, 0.717) is 17.9 Å². The highest BCUT2D eigenvalue weighted by Crippen LogP contribution is 2.24. The van der Waals surface area contributed by atoms with Crippen LogP contribution in [0.3, 0.4) is 0 Å². The zero-order chi connectivity index (χ0) is 22.1. The quantitative estimate of drug-likeness (QED) is 0.621. The van der Waals surface area contributed by atoms with E-state index in [0.717, 1.165) is 36.2 Å². The van der Waals surface area contributed by atoms with Crippen LogP contribution in [0.4, 0.5) is 10.1 Å². The Morgan fingerprint density at radius 2 is 2.06 bits per heavy atom. The van der Waals surface area contributed by atoms with Crippen molar-refractivity contribution >= 4 is 22.6 Å². The summed E-state index contributed by atoms with van der Waals surface area (Å²) >= 11 is 0. The molecule has 3 aromatic rings. The second-order valence-electron chi connectivity index (χ2n) is 7.87. The smallest absolute Gasteiger partial charge is 0.269 e. The fourth-order valence-electron chi connectivity index (χ4n) is 4.01. The van der Waals surface area contributed by atoms with Crippen LogP contribution in [-0.4, -0.2) is 58.5 Å². The maximum atomic E-state index is 14.6. The van der Waals surface area contributed by atoms with Crippen molar-refractivity contribution in [1.82, 2.24) is 25.2 Å². The fraction of sp³-hybridized carbons (Fsp3) is 0.364. The van der Waals surface area contributed by atoms with Crippen molar-refractivity contribution in [2.75, 3.05) is 31.6 Å². The number of pyridine rings is 1. The summed E-state index contributed by atoms with van der Waals surface area (Å²) in [5.41, 5.74) is 3.32. The predicted molar refractivity (Wildman–Crippen MR) is 117 cm³/mol. The normalized spacial score (nSPS) is 17.2. The number of piperazine rings is 1. The molecule has 8 nitrogen and oxygen atoms in total. The van der Waals surface area contributed by atoms with Gasteiger partial charge in [0, 0.05) is 39.3 Å². The summed E-state index contributed by atoms with van der Waals surface area (Å²) in [7, 11) is 1.49. The number of hydrogen-bond donors (Lipinski definition) is 2. The lowest BCUT2D eigenvalue weighted by molar-refractivity contribution is 0.0957. The molecule has 0 spiro atoms. The molecule has 9 heteroatoms. The van der Waals surface area contributed by atoms with Gasteiger partial charge in [-0.15, -0.1) is 0 Å². The number of nitrogens with zero attached hydrogens (tertiary/aromatic N) is 4. The first-order valence-corrected chi connectivity index (χ1v) is 10.2. The van der Waals surface area contributed by atoms with E-state index in [1.165, 1.54) is 7.05 Å². The number of rotatable bonds is 4. The second kappa shape index (κ2) is 8.43. The highest BCUT2D eigenvalue weighted by atomic mass is 19.1. The number of benzene rings is 1. The van der Waals surface area contributed by atoms with Gasteiger partial charge in [-0.1, -0.05) is 6.07 Å². The Hall–Kier alpha value is -3.33. The van der Waals surface area contributed by atoms with Gasteiger partial charge < -0.3 is 15.2 Å². The summed E-state index contributed by atoms with van der Waals surface area (Å²) in [6.45, 7) is 6.60. The lowest BCUT2D eigenvalue weighted by Gasteiger charge is -2.41. The minimum atomic E-state index is -0.636. The van der Waals surface area contributed by atoms with Gasteiger partial charge in [-0.25, -0.2) is 9.97 Å². The van der Waals surface area contributed by atoms with Crippen LogP contribution in [0.2, 0.25) is 0 Å². The van der Waals surface area contributed by atoms with Gasteiger partial charge in [-0.2, -0.15) is 4.39 Å². The van der Waals surface area contributed by atoms with Crippen LogP contribution < -0.4 is 15.8 Å². The van der Waals surface area contributed by atoms with E-state index in [1.54, 1.807) is 19.1 Å². The lowest BCUT2D eigenvalue weighted by atomic mass is 10.1. The number of hydrogen-bond acceptors (Lipinski definition) is 6. The molecule has 31 heavy (non-hydrogen) atoms. The zero-order valence-corrected chi connectivity index (χ0v) is 17.8. The van der Waals surface area contributed by atoms with E-state index >= 15 is 0 Å². The van der Waals surface area contributed by atoms with Crippen LogP contribution in [0.5, 0.6) is 0 Å². The Morgan fingerprint density at radius 1 is 1.26 bits per heavy atom. The average Bonchev–Trinajstić information content (AvgIpc) is 2.75. The SMILES string of the molecule is CNC(=O)c1ccc(N2CCN(Cc3ccc4nc(C)c(=O)[nH]c4c3)C[C@@H]2C)c(F)n1. The van der Waals surface area contributed by atoms with Gasteiger partial charge in [0.05, 0.1) is 16.7 Å². The predicted octanol–water partition coefficient (Wildman–Crippen LogP) is 1.84. The molecule has 1 aliphatic rings. The number of aromatic nitrogens is 3. The molecule has 4 rings (SSSR count). The van der Waals surface area contributed by atoms with E-state index in [2.05, 4.69) is 25.2 Å². The molecule has 0 aliphatic carbocycles. The first kappa shape index (κ1) is 20.9. The molecule has 0 saturated carbocycles. The van der Waals surface area contributed by atoms with Crippen molar-refractivity contribution in [3.8, 4) is 0 Å². The van der Waals surface area contributed by atoms with Gasteiger partial charge in [-0.05, 0) is 43.7 Å². The van der Waals surface area contributed by atoms with Crippen molar-refractivity contribution in [2.45, 2.75) is 26.4 Å². The molecule has 1 fully saturated rings. The van der Waals surface area contributed by atoms with E-state index in [-0.39, 0.29) is 17.3 Å². The molecule has 0 unspecified atom stereocenters. The molecule has 2 N–H and O–H groups in total. The Morgan fingerprint density at radius 3 is 2.77 bits per heavy atom. The molecule has 2 aromatic heterocycles. The van der Waals surface area contributed by atoms with Crippen LogP contribution >= 0.6 is 0 Å². The Kier molecular flexibility index (Phi) is 5.69. The first-order chi connectivity index (χ1) is 14.9. The zero-order valence-electron chi connectivity index (χ0n) is 17.8. The number of nitrogens with one attached hydrogen (secondary N) is 2. The third kappa shape index (κ3) is 4.27. The molecule has 1 amide bonds. The summed E-state index contributed by atoms with van der Waals surface area (Å²) in [5, 5.41) is 2.45. The number of amides is 1. The number of anilines is 1. The van der Waals surface area contributed by atoms with Crippen LogP contribution in [0, 0.1) is 12.9 Å². The van der Waals surface area contributed by atoms with Gasteiger partial charge in [0.15, 0.2) is 0 Å². The molecule has 1 atom stereocenters. The molecule has 1 aromatic carbocycles. The van der Waals surface area contributed by atoms with Gasteiger partial charge in [-0.3, -0.25) is 14.5 Å². The van der Waals surface area contributed by atoms with Crippen molar-refractivity contribution in [1.29, 1.82) is 0 Å². The van der Waals surface area contributed by atoms with Gasteiger partial charge >= 0.3 is 0 Å². The van der Waals surface area contributed by atoms with Crippen molar-refractivity contribution in [3.63, 3.8) is 0 Å². The highest BCUT2D eigenvalue weighted by Gasteiger charge is 2.26.